The lowest BCUT2D eigenvalue weighted by Crippen LogP contribution is -3.00. The van der Waals surface area contributed by atoms with Gasteiger partial charge in [-0.3, -0.25) is 19.5 Å². The van der Waals surface area contributed by atoms with Crippen LogP contribution in [0.3, 0.4) is 0 Å². The summed E-state index contributed by atoms with van der Waals surface area (Å²) in [5.74, 6) is -0.197. The van der Waals surface area contributed by atoms with Crippen LogP contribution in [0.4, 0.5) is 11.6 Å². The van der Waals surface area contributed by atoms with Crippen molar-refractivity contribution in [3.8, 4) is 11.1 Å². The minimum atomic E-state index is -0.436. The molecule has 5 rings (SSSR count). The lowest BCUT2D eigenvalue weighted by molar-refractivity contribution is -0.400. The molecule has 33 heavy (non-hydrogen) atoms. The van der Waals surface area contributed by atoms with Crippen molar-refractivity contribution in [2.45, 2.75) is 6.54 Å². The van der Waals surface area contributed by atoms with Gasteiger partial charge in [-0.05, 0) is 35.4 Å². The van der Waals surface area contributed by atoms with Crippen molar-refractivity contribution in [2.24, 2.45) is 0 Å². The van der Waals surface area contributed by atoms with Gasteiger partial charge in [0.1, 0.15) is 21.8 Å². The van der Waals surface area contributed by atoms with Crippen LogP contribution in [0, 0.1) is 10.1 Å². The third-order valence-corrected chi connectivity index (χ3v) is 6.57. The molecule has 1 fully saturated rings. The Labute approximate surface area is 210 Å². The second kappa shape index (κ2) is 9.62. The fraction of sp³-hybridized carbons (Fsp3) is 0.231. The van der Waals surface area contributed by atoms with E-state index < -0.39 is 4.92 Å². The van der Waals surface area contributed by atoms with Crippen molar-refractivity contribution in [3.63, 3.8) is 0 Å². The van der Waals surface area contributed by atoms with Crippen LogP contribution in [0.1, 0.15) is 5.56 Å². The number of halogens is 1. The molecule has 0 amide bonds. The van der Waals surface area contributed by atoms with Gasteiger partial charge in [-0.25, -0.2) is 0 Å². The second-order valence-corrected chi connectivity index (χ2v) is 8.69. The fourth-order valence-corrected chi connectivity index (χ4v) is 4.65. The van der Waals surface area contributed by atoms with E-state index in [0.717, 1.165) is 53.7 Å². The van der Waals surface area contributed by atoms with Crippen molar-refractivity contribution in [1.82, 2.24) is 9.38 Å². The summed E-state index contributed by atoms with van der Waals surface area (Å²) in [6.07, 6.45) is 0. The summed E-state index contributed by atoms with van der Waals surface area (Å²) in [7, 11) is 2.30. The Bertz CT molecular complexity index is 1250. The molecule has 0 unspecified atom stereocenters. The van der Waals surface area contributed by atoms with E-state index in [1.54, 1.807) is 0 Å². The highest BCUT2D eigenvalue weighted by molar-refractivity contribution is 5.98. The molecule has 170 valence electrons. The first-order chi connectivity index (χ1) is 15.5. The number of fused-ring (bicyclic) bond motifs is 1. The van der Waals surface area contributed by atoms with Gasteiger partial charge >= 0.3 is 5.88 Å². The number of para-hydroxylation sites is 1. The number of nitro groups is 1. The molecule has 1 aliphatic rings. The fourth-order valence-electron chi connectivity index (χ4n) is 4.65. The Morgan fingerprint density at radius 3 is 2.24 bits per heavy atom. The van der Waals surface area contributed by atoms with Crippen LogP contribution >= 0.6 is 0 Å². The molecule has 6 nitrogen and oxygen atoms in total. The van der Waals surface area contributed by atoms with Gasteiger partial charge in [0.25, 0.3) is 0 Å². The number of hydrogen-bond acceptors (Lipinski definition) is 4. The van der Waals surface area contributed by atoms with Gasteiger partial charge < -0.3 is 28.4 Å². The van der Waals surface area contributed by atoms with Crippen LogP contribution in [0.15, 0.2) is 83.3 Å². The molecule has 0 aliphatic carbocycles. The molecule has 4 aromatic rings. The molecule has 1 aromatic heterocycles. The van der Waals surface area contributed by atoms with Crippen molar-refractivity contribution < 1.29 is 33.3 Å². The predicted molar refractivity (Wildman–Crippen MR) is 127 cm³/mol. The molecular formula is C26H26IN3O3. The minimum Gasteiger partial charge on any atom is -1.00 e. The van der Waals surface area contributed by atoms with Gasteiger partial charge in [-0.15, -0.1) is 0 Å². The number of rotatable bonds is 5. The first-order valence-electron chi connectivity index (χ1n) is 10.9. The Balaban J connectivity index is 0.00000259. The Kier molecular flexibility index (Phi) is 6.83. The molecular weight excluding hydrogens is 529 g/mol. The molecule has 0 spiro atoms. The van der Waals surface area contributed by atoms with E-state index in [0.29, 0.717) is 11.1 Å². The van der Waals surface area contributed by atoms with E-state index in [4.69, 9.17) is 4.42 Å². The Morgan fingerprint density at radius 1 is 0.970 bits per heavy atom. The largest absolute Gasteiger partial charge is 1.00 e. The summed E-state index contributed by atoms with van der Waals surface area (Å²) in [6, 6.07) is 26.1. The monoisotopic (exact) mass is 555 g/mol. The zero-order chi connectivity index (χ0) is 22.1. The summed E-state index contributed by atoms with van der Waals surface area (Å²) < 4.78 is 6.57. The maximum absolute atomic E-state index is 11.6. The molecule has 1 aliphatic heterocycles. The molecule has 7 heteroatoms. The van der Waals surface area contributed by atoms with Gasteiger partial charge in [-0.1, -0.05) is 54.6 Å². The molecule has 0 radical (unpaired) electrons. The van der Waals surface area contributed by atoms with Crippen molar-refractivity contribution >= 4 is 22.5 Å². The van der Waals surface area contributed by atoms with Gasteiger partial charge in [0.15, 0.2) is 0 Å². The lowest BCUT2D eigenvalue weighted by atomic mass is 10.0. The maximum atomic E-state index is 11.6. The molecule has 0 bridgehead atoms. The van der Waals surface area contributed by atoms with Crippen molar-refractivity contribution in [1.29, 1.82) is 0 Å². The normalized spacial score (nSPS) is 15.8. The summed E-state index contributed by atoms with van der Waals surface area (Å²) in [6.45, 7) is 4.93. The molecule has 0 atom stereocenters. The summed E-state index contributed by atoms with van der Waals surface area (Å²) in [5, 5.41) is 12.4. The number of furan rings is 1. The number of hydrogen-bond donors (Lipinski definition) is 0. The highest BCUT2D eigenvalue weighted by atomic mass is 127. The van der Waals surface area contributed by atoms with E-state index in [9.17, 15) is 10.1 Å². The van der Waals surface area contributed by atoms with Crippen LogP contribution in [-0.2, 0) is 6.54 Å². The van der Waals surface area contributed by atoms with Crippen molar-refractivity contribution in [2.75, 3.05) is 33.2 Å². The third-order valence-electron chi connectivity index (χ3n) is 6.57. The summed E-state index contributed by atoms with van der Waals surface area (Å²) >= 11 is 0. The molecule has 0 N–H and O–H groups in total. The number of piperazine rings is 1. The average Bonchev–Trinajstić information content (AvgIpc) is 3.21. The Morgan fingerprint density at radius 2 is 1.61 bits per heavy atom. The third kappa shape index (κ3) is 4.66. The van der Waals surface area contributed by atoms with Crippen molar-refractivity contribution in [3.05, 3.63) is 94.5 Å². The van der Waals surface area contributed by atoms with E-state index in [-0.39, 0.29) is 29.9 Å². The van der Waals surface area contributed by atoms with Gasteiger partial charge in [0, 0.05) is 25.0 Å². The van der Waals surface area contributed by atoms with Crippen LogP contribution < -0.4 is 28.5 Å². The topological polar surface area (TPSA) is 59.5 Å². The molecule has 0 saturated carbocycles. The smallest absolute Gasteiger partial charge is 0.442 e. The highest BCUT2D eigenvalue weighted by Gasteiger charge is 2.31. The van der Waals surface area contributed by atoms with Gasteiger partial charge in [0.05, 0.1) is 20.1 Å². The number of benzene rings is 3. The molecule has 3 aromatic carbocycles. The van der Waals surface area contributed by atoms with E-state index in [1.165, 1.54) is 5.69 Å². The quantitative estimate of drug-likeness (QED) is 0.164. The zero-order valence-corrected chi connectivity index (χ0v) is 20.6. The predicted octanol–water partition coefficient (Wildman–Crippen LogP) is 2.46. The minimum absolute atomic E-state index is 0. The van der Waals surface area contributed by atoms with E-state index >= 15 is 0 Å². The SMILES string of the molecule is C[N+]1(c2ccccc2)CCN(Cc2ccc3oc([N+](=O)[O-])c(-c4ccccc4)c3c2)CC1.[I-]. The molecule has 2 heterocycles. The van der Waals surface area contributed by atoms with Crippen LogP contribution in [0.25, 0.3) is 22.1 Å². The van der Waals surface area contributed by atoms with Gasteiger partial charge in [0.2, 0.25) is 0 Å². The van der Waals surface area contributed by atoms with E-state index in [1.807, 2.05) is 48.5 Å². The first kappa shape index (κ1) is 23.4. The second-order valence-electron chi connectivity index (χ2n) is 8.69. The van der Waals surface area contributed by atoms with E-state index in [2.05, 4.69) is 42.3 Å². The first-order valence-corrected chi connectivity index (χ1v) is 10.9. The maximum Gasteiger partial charge on any atom is 0.442 e. The summed E-state index contributed by atoms with van der Waals surface area (Å²) in [4.78, 5) is 13.7. The Hall–Kier alpha value is -2.75. The number of likely N-dealkylation sites (N-methyl/N-ethyl adjacent to an activating group) is 1. The van der Waals surface area contributed by atoms with Gasteiger partial charge in [-0.2, -0.15) is 0 Å². The number of nitrogens with zero attached hydrogens (tertiary/aromatic N) is 3. The number of quaternary nitrogens is 1. The molecule has 1 saturated heterocycles. The van der Waals surface area contributed by atoms with Crippen LogP contribution in [0.5, 0.6) is 0 Å². The highest BCUT2D eigenvalue weighted by Crippen LogP contribution is 2.40. The van der Waals surface area contributed by atoms with Crippen LogP contribution in [0.2, 0.25) is 0 Å². The zero-order valence-electron chi connectivity index (χ0n) is 18.5. The average molecular weight is 555 g/mol. The lowest BCUT2D eigenvalue weighted by Gasteiger charge is -2.41. The standard InChI is InChI=1S/C26H26N3O3.HI/c1-29(22-10-6-3-7-11-22)16-14-27(15-17-29)19-20-12-13-24-23(18-20)25(26(32-24)28(30)31)21-8-4-2-5-9-21;/h2-13,18H,14-17,19H2,1H3;1H/q+1;/p-1. The van der Waals surface area contributed by atoms with Crippen LogP contribution in [-0.4, -0.2) is 43.0 Å². The summed E-state index contributed by atoms with van der Waals surface area (Å²) in [5.41, 5.74) is 4.39.